The third-order valence-corrected chi connectivity index (χ3v) is 2.60. The van der Waals surface area contributed by atoms with E-state index in [0.717, 1.165) is 0 Å². The lowest BCUT2D eigenvalue weighted by Gasteiger charge is -2.08. The molecule has 17 heavy (non-hydrogen) atoms. The predicted molar refractivity (Wildman–Crippen MR) is 63.7 cm³/mol. The summed E-state index contributed by atoms with van der Waals surface area (Å²) in [5.41, 5.74) is 1.63. The molecule has 0 bridgehead atoms. The Morgan fingerprint density at radius 2 is 2.06 bits per heavy atom. The molecular formula is C12H10ClFN2O. The van der Waals surface area contributed by atoms with Gasteiger partial charge in [-0.2, -0.15) is 0 Å². The number of aryl methyl sites for hydroxylation is 1. The van der Waals surface area contributed by atoms with Crippen LogP contribution < -0.4 is 4.74 Å². The minimum Gasteiger partial charge on any atom is -0.497 e. The maximum atomic E-state index is 13.7. The van der Waals surface area contributed by atoms with Crippen LogP contribution in [0.5, 0.6) is 5.75 Å². The topological polar surface area (TPSA) is 35.0 Å². The fraction of sp³-hybridized carbons (Fsp3) is 0.167. The molecule has 3 nitrogen and oxygen atoms in total. The molecule has 0 atom stereocenters. The van der Waals surface area contributed by atoms with Crippen LogP contribution in [0.4, 0.5) is 4.39 Å². The molecule has 0 spiro atoms. The zero-order valence-electron chi connectivity index (χ0n) is 9.37. The van der Waals surface area contributed by atoms with E-state index in [4.69, 9.17) is 16.3 Å². The second-order valence-electron chi connectivity index (χ2n) is 3.48. The minimum atomic E-state index is -0.347. The molecule has 1 heterocycles. The Morgan fingerprint density at radius 1 is 1.29 bits per heavy atom. The summed E-state index contributed by atoms with van der Waals surface area (Å²) in [4.78, 5) is 7.85. The Balaban J connectivity index is 2.59. The molecule has 0 aliphatic rings. The van der Waals surface area contributed by atoms with Gasteiger partial charge in [-0.05, 0) is 36.7 Å². The average molecular weight is 253 g/mol. The molecule has 0 unspecified atom stereocenters. The van der Waals surface area contributed by atoms with E-state index in [1.165, 1.54) is 19.4 Å². The fourth-order valence-electron chi connectivity index (χ4n) is 1.54. The van der Waals surface area contributed by atoms with Crippen LogP contribution in [-0.4, -0.2) is 17.1 Å². The zero-order chi connectivity index (χ0) is 12.4. The van der Waals surface area contributed by atoms with Crippen molar-refractivity contribution >= 4 is 11.6 Å². The second-order valence-corrected chi connectivity index (χ2v) is 3.82. The van der Waals surface area contributed by atoms with Crippen molar-refractivity contribution < 1.29 is 9.13 Å². The highest BCUT2D eigenvalue weighted by Crippen LogP contribution is 2.28. The van der Waals surface area contributed by atoms with Gasteiger partial charge in [-0.3, -0.25) is 0 Å². The zero-order valence-corrected chi connectivity index (χ0v) is 10.1. The van der Waals surface area contributed by atoms with Gasteiger partial charge in [0, 0.05) is 17.3 Å². The lowest BCUT2D eigenvalue weighted by Crippen LogP contribution is -1.94. The van der Waals surface area contributed by atoms with E-state index in [-0.39, 0.29) is 11.1 Å². The third kappa shape index (κ3) is 2.36. The van der Waals surface area contributed by atoms with E-state index in [2.05, 4.69) is 9.97 Å². The number of ether oxygens (including phenoxy) is 1. The number of rotatable bonds is 2. The highest BCUT2D eigenvalue weighted by molar-refractivity contribution is 6.28. The third-order valence-electron chi connectivity index (χ3n) is 2.41. The Labute approximate surface area is 103 Å². The molecule has 0 aliphatic heterocycles. The summed E-state index contributed by atoms with van der Waals surface area (Å²) in [7, 11) is 1.53. The molecule has 5 heteroatoms. The van der Waals surface area contributed by atoms with Crippen molar-refractivity contribution in [2.24, 2.45) is 0 Å². The van der Waals surface area contributed by atoms with Crippen molar-refractivity contribution in [3.8, 4) is 16.9 Å². The molecule has 2 rings (SSSR count). The summed E-state index contributed by atoms with van der Waals surface area (Å²) >= 11 is 5.66. The Morgan fingerprint density at radius 3 is 2.71 bits per heavy atom. The van der Waals surface area contributed by atoms with Gasteiger partial charge in [-0.15, -0.1) is 0 Å². The van der Waals surface area contributed by atoms with Gasteiger partial charge < -0.3 is 4.74 Å². The molecule has 2 aromatic rings. The van der Waals surface area contributed by atoms with Gasteiger partial charge in [0.15, 0.2) is 0 Å². The van der Waals surface area contributed by atoms with E-state index in [1.807, 2.05) is 0 Å². The first-order valence-electron chi connectivity index (χ1n) is 4.95. The van der Waals surface area contributed by atoms with Crippen molar-refractivity contribution in [2.45, 2.75) is 6.92 Å². The standard InChI is InChI=1S/C12H10ClFN2O/c1-7-10(6-15-12(13)16-7)9-5-8(17-2)3-4-11(9)14/h3-6H,1-2H3. The van der Waals surface area contributed by atoms with E-state index >= 15 is 0 Å². The van der Waals surface area contributed by atoms with Crippen molar-refractivity contribution in [3.05, 3.63) is 41.2 Å². The first-order chi connectivity index (χ1) is 8.11. The molecule has 1 aromatic carbocycles. The van der Waals surface area contributed by atoms with E-state index < -0.39 is 0 Å². The predicted octanol–water partition coefficient (Wildman–Crippen LogP) is 3.25. The van der Waals surface area contributed by atoms with Gasteiger partial charge in [0.2, 0.25) is 5.28 Å². The Kier molecular flexibility index (Phi) is 3.24. The molecule has 88 valence electrons. The van der Waals surface area contributed by atoms with Crippen LogP contribution in [0.15, 0.2) is 24.4 Å². The molecule has 0 fully saturated rings. The summed E-state index contributed by atoms with van der Waals surface area (Å²) in [5, 5.41) is 0.148. The summed E-state index contributed by atoms with van der Waals surface area (Å²) in [5.74, 6) is 0.232. The first-order valence-corrected chi connectivity index (χ1v) is 5.32. The van der Waals surface area contributed by atoms with Crippen LogP contribution in [0.2, 0.25) is 5.28 Å². The number of hydrogen-bond acceptors (Lipinski definition) is 3. The monoisotopic (exact) mass is 252 g/mol. The van der Waals surface area contributed by atoms with Crippen LogP contribution in [-0.2, 0) is 0 Å². The van der Waals surface area contributed by atoms with Crippen LogP contribution >= 0.6 is 11.6 Å². The number of halogens is 2. The molecule has 0 amide bonds. The Hall–Kier alpha value is -1.68. The number of hydrogen-bond donors (Lipinski definition) is 0. The number of nitrogens with zero attached hydrogens (tertiary/aromatic N) is 2. The molecule has 0 saturated carbocycles. The fourth-order valence-corrected chi connectivity index (χ4v) is 1.72. The van der Waals surface area contributed by atoms with Gasteiger partial charge in [-0.25, -0.2) is 14.4 Å². The van der Waals surface area contributed by atoms with Gasteiger partial charge in [0.05, 0.1) is 12.8 Å². The van der Waals surface area contributed by atoms with Crippen molar-refractivity contribution in [2.75, 3.05) is 7.11 Å². The minimum absolute atomic E-state index is 0.148. The molecule has 0 radical (unpaired) electrons. The quantitative estimate of drug-likeness (QED) is 0.770. The van der Waals surface area contributed by atoms with Gasteiger partial charge >= 0.3 is 0 Å². The lowest BCUT2D eigenvalue weighted by atomic mass is 10.1. The average Bonchev–Trinajstić information content (AvgIpc) is 2.30. The molecular weight excluding hydrogens is 243 g/mol. The van der Waals surface area contributed by atoms with E-state index in [9.17, 15) is 4.39 Å². The molecule has 0 N–H and O–H groups in total. The first kappa shape index (κ1) is 11.8. The summed E-state index contributed by atoms with van der Waals surface area (Å²) in [6.07, 6.45) is 1.50. The van der Waals surface area contributed by atoms with Crippen LogP contribution in [0.1, 0.15) is 5.69 Å². The van der Waals surface area contributed by atoms with Crippen LogP contribution in [0.25, 0.3) is 11.1 Å². The second kappa shape index (κ2) is 4.67. The van der Waals surface area contributed by atoms with Crippen LogP contribution in [0, 0.1) is 12.7 Å². The Bertz CT molecular complexity index is 560. The van der Waals surface area contributed by atoms with Gasteiger partial charge in [0.1, 0.15) is 11.6 Å². The SMILES string of the molecule is COc1ccc(F)c(-c2cnc(Cl)nc2C)c1. The number of benzene rings is 1. The van der Waals surface area contributed by atoms with Gasteiger partial charge in [0.25, 0.3) is 0 Å². The molecule has 1 aromatic heterocycles. The summed E-state index contributed by atoms with van der Waals surface area (Å²) < 4.78 is 18.8. The van der Waals surface area contributed by atoms with Crippen molar-refractivity contribution in [3.63, 3.8) is 0 Å². The summed E-state index contributed by atoms with van der Waals surface area (Å²) in [6, 6.07) is 4.52. The normalized spacial score (nSPS) is 10.4. The largest absolute Gasteiger partial charge is 0.497 e. The molecule has 0 saturated heterocycles. The lowest BCUT2D eigenvalue weighted by molar-refractivity contribution is 0.414. The van der Waals surface area contributed by atoms with Crippen molar-refractivity contribution in [1.29, 1.82) is 0 Å². The van der Waals surface area contributed by atoms with Crippen LogP contribution in [0.3, 0.4) is 0 Å². The maximum Gasteiger partial charge on any atom is 0.222 e. The summed E-state index contributed by atoms with van der Waals surface area (Å²) in [6.45, 7) is 1.75. The van der Waals surface area contributed by atoms with E-state index in [0.29, 0.717) is 22.6 Å². The smallest absolute Gasteiger partial charge is 0.222 e. The number of aromatic nitrogens is 2. The highest BCUT2D eigenvalue weighted by atomic mass is 35.5. The van der Waals surface area contributed by atoms with E-state index in [1.54, 1.807) is 19.1 Å². The van der Waals surface area contributed by atoms with Crippen molar-refractivity contribution in [1.82, 2.24) is 9.97 Å². The highest BCUT2D eigenvalue weighted by Gasteiger charge is 2.11. The maximum absolute atomic E-state index is 13.7. The van der Waals surface area contributed by atoms with Gasteiger partial charge in [-0.1, -0.05) is 0 Å². The molecule has 0 aliphatic carbocycles. The number of methoxy groups -OCH3 is 1.